The van der Waals surface area contributed by atoms with Gasteiger partial charge in [0, 0.05) is 36.2 Å². The number of benzene rings is 2. The first-order chi connectivity index (χ1) is 15.7. The fourth-order valence-electron chi connectivity index (χ4n) is 4.57. The molecule has 1 aromatic heterocycles. The molecular formula is C25H29BrClN3O3. The van der Waals surface area contributed by atoms with Crippen LogP contribution < -0.4 is 20.3 Å². The first-order valence-corrected chi connectivity index (χ1v) is 12.1. The lowest BCUT2D eigenvalue weighted by atomic mass is 10.0. The van der Waals surface area contributed by atoms with Crippen molar-refractivity contribution in [2.24, 2.45) is 0 Å². The van der Waals surface area contributed by atoms with E-state index in [1.165, 1.54) is 5.56 Å². The molecule has 33 heavy (non-hydrogen) atoms. The summed E-state index contributed by atoms with van der Waals surface area (Å²) in [4.78, 5) is 14.9. The Balaban J connectivity index is 0.00000259. The fourth-order valence-corrected chi connectivity index (χ4v) is 4.95. The molecule has 0 saturated carbocycles. The summed E-state index contributed by atoms with van der Waals surface area (Å²) in [7, 11) is 0. The van der Waals surface area contributed by atoms with E-state index in [2.05, 4.69) is 44.3 Å². The largest absolute Gasteiger partial charge is 0.486 e. The molecule has 176 valence electrons. The molecule has 8 heteroatoms. The zero-order chi connectivity index (χ0) is 21.9. The summed E-state index contributed by atoms with van der Waals surface area (Å²) in [5.41, 5.74) is 2.28. The van der Waals surface area contributed by atoms with Crippen LogP contribution in [0.25, 0.3) is 10.9 Å². The number of aromatic nitrogens is 1. The lowest BCUT2D eigenvalue weighted by Gasteiger charge is -2.32. The second kappa shape index (κ2) is 10.9. The van der Waals surface area contributed by atoms with E-state index in [1.807, 2.05) is 28.8 Å². The molecule has 5 rings (SSSR count). The first-order valence-electron chi connectivity index (χ1n) is 11.3. The van der Waals surface area contributed by atoms with Crippen LogP contribution in [0.1, 0.15) is 18.4 Å². The molecule has 1 N–H and O–H groups in total. The normalized spacial score (nSPS) is 16.5. The van der Waals surface area contributed by atoms with Crippen LogP contribution in [0.2, 0.25) is 0 Å². The lowest BCUT2D eigenvalue weighted by molar-refractivity contribution is 0.171. The van der Waals surface area contributed by atoms with Crippen molar-refractivity contribution < 1.29 is 9.47 Å². The van der Waals surface area contributed by atoms with E-state index in [0.29, 0.717) is 25.8 Å². The van der Waals surface area contributed by atoms with E-state index in [1.54, 1.807) is 6.07 Å². The molecule has 0 radical (unpaired) electrons. The number of hydrogen-bond donors (Lipinski definition) is 1. The third kappa shape index (κ3) is 5.72. The molecule has 2 aromatic carbocycles. The van der Waals surface area contributed by atoms with E-state index < -0.39 is 0 Å². The monoisotopic (exact) mass is 533 g/mol. The Hall–Kier alpha value is -2.06. The summed E-state index contributed by atoms with van der Waals surface area (Å²) in [5, 5.41) is 4.78. The Morgan fingerprint density at radius 1 is 0.939 bits per heavy atom. The zero-order valence-corrected chi connectivity index (χ0v) is 20.9. The maximum atomic E-state index is 12.5. The Labute approximate surface area is 208 Å². The maximum absolute atomic E-state index is 12.5. The van der Waals surface area contributed by atoms with Crippen LogP contribution in [0.15, 0.2) is 57.8 Å². The molecule has 2 aliphatic heterocycles. The summed E-state index contributed by atoms with van der Waals surface area (Å²) in [6.07, 6.45) is 2.23. The van der Waals surface area contributed by atoms with Crippen LogP contribution in [0, 0.1) is 0 Å². The van der Waals surface area contributed by atoms with E-state index in [9.17, 15) is 4.79 Å². The number of nitrogens with zero attached hydrogens (tertiary/aromatic N) is 2. The SMILES string of the molecule is Cl.O=c1ccc2cc(Br)ccc2n1CCN1CCC(NCc2ccc3c(c2)OCCO3)CC1. The molecule has 1 fully saturated rings. The number of hydrogen-bond acceptors (Lipinski definition) is 5. The third-order valence-electron chi connectivity index (χ3n) is 6.38. The number of fused-ring (bicyclic) bond motifs is 2. The minimum atomic E-state index is 0. The molecule has 0 aliphatic carbocycles. The summed E-state index contributed by atoms with van der Waals surface area (Å²) in [6, 6.07) is 16.4. The zero-order valence-electron chi connectivity index (χ0n) is 18.5. The molecule has 0 bridgehead atoms. The Morgan fingerprint density at radius 3 is 2.55 bits per heavy atom. The number of piperidine rings is 1. The van der Waals surface area contributed by atoms with Crippen LogP contribution >= 0.6 is 28.3 Å². The van der Waals surface area contributed by atoms with Gasteiger partial charge in [-0.1, -0.05) is 22.0 Å². The highest BCUT2D eigenvalue weighted by Crippen LogP contribution is 2.30. The molecule has 1 saturated heterocycles. The number of nitrogens with one attached hydrogen (secondary N) is 1. The van der Waals surface area contributed by atoms with Crippen molar-refractivity contribution in [2.45, 2.75) is 32.0 Å². The second-order valence-corrected chi connectivity index (χ2v) is 9.42. The van der Waals surface area contributed by atoms with Crippen molar-refractivity contribution in [2.75, 3.05) is 32.8 Å². The summed E-state index contributed by atoms with van der Waals surface area (Å²) < 4.78 is 14.2. The third-order valence-corrected chi connectivity index (χ3v) is 6.87. The maximum Gasteiger partial charge on any atom is 0.251 e. The summed E-state index contributed by atoms with van der Waals surface area (Å²) in [5.74, 6) is 1.69. The van der Waals surface area contributed by atoms with Crippen LogP contribution in [-0.4, -0.2) is 48.4 Å². The molecule has 3 heterocycles. The molecule has 6 nitrogen and oxygen atoms in total. The van der Waals surface area contributed by atoms with Crippen molar-refractivity contribution in [1.29, 1.82) is 0 Å². The number of halogens is 2. The summed E-state index contributed by atoms with van der Waals surface area (Å²) >= 11 is 3.51. The quantitative estimate of drug-likeness (QED) is 0.513. The molecule has 3 aromatic rings. The smallest absolute Gasteiger partial charge is 0.251 e. The van der Waals surface area contributed by atoms with Crippen LogP contribution in [-0.2, 0) is 13.1 Å². The predicted molar refractivity (Wildman–Crippen MR) is 137 cm³/mol. The van der Waals surface area contributed by atoms with Gasteiger partial charge in [-0.3, -0.25) is 4.79 Å². The van der Waals surface area contributed by atoms with E-state index in [-0.39, 0.29) is 18.0 Å². The van der Waals surface area contributed by atoms with Gasteiger partial charge in [0.25, 0.3) is 5.56 Å². The Kier molecular flexibility index (Phi) is 7.96. The number of pyridine rings is 1. The molecule has 0 spiro atoms. The number of rotatable bonds is 6. The van der Waals surface area contributed by atoms with Crippen LogP contribution in [0.5, 0.6) is 11.5 Å². The average molecular weight is 535 g/mol. The second-order valence-electron chi connectivity index (χ2n) is 8.50. The Bertz CT molecular complexity index is 1160. The highest BCUT2D eigenvalue weighted by molar-refractivity contribution is 9.10. The first kappa shape index (κ1) is 24.1. The number of ether oxygens (including phenoxy) is 2. The van der Waals surface area contributed by atoms with Crippen molar-refractivity contribution in [3.8, 4) is 11.5 Å². The van der Waals surface area contributed by atoms with Crippen LogP contribution in [0.4, 0.5) is 0 Å². The van der Waals surface area contributed by atoms with Crippen molar-refractivity contribution in [3.05, 3.63) is 68.9 Å². The minimum absolute atomic E-state index is 0. The average Bonchev–Trinajstić information content (AvgIpc) is 2.83. The van der Waals surface area contributed by atoms with Gasteiger partial charge in [-0.15, -0.1) is 12.4 Å². The van der Waals surface area contributed by atoms with Gasteiger partial charge in [-0.05, 0) is 73.3 Å². The van der Waals surface area contributed by atoms with E-state index >= 15 is 0 Å². The van der Waals surface area contributed by atoms with Gasteiger partial charge in [0.15, 0.2) is 11.5 Å². The predicted octanol–water partition coefficient (Wildman–Crippen LogP) is 4.21. The van der Waals surface area contributed by atoms with Gasteiger partial charge in [-0.25, -0.2) is 0 Å². The van der Waals surface area contributed by atoms with Gasteiger partial charge in [0.1, 0.15) is 13.2 Å². The summed E-state index contributed by atoms with van der Waals surface area (Å²) in [6.45, 7) is 5.77. The molecule has 0 amide bonds. The lowest BCUT2D eigenvalue weighted by Crippen LogP contribution is -2.43. The fraction of sp³-hybridized carbons (Fsp3) is 0.400. The molecule has 0 atom stereocenters. The topological polar surface area (TPSA) is 55.7 Å². The van der Waals surface area contributed by atoms with Gasteiger partial charge < -0.3 is 24.3 Å². The van der Waals surface area contributed by atoms with Crippen molar-refractivity contribution in [1.82, 2.24) is 14.8 Å². The van der Waals surface area contributed by atoms with Gasteiger partial charge >= 0.3 is 0 Å². The van der Waals surface area contributed by atoms with Crippen molar-refractivity contribution in [3.63, 3.8) is 0 Å². The molecule has 0 unspecified atom stereocenters. The van der Waals surface area contributed by atoms with E-state index in [4.69, 9.17) is 9.47 Å². The van der Waals surface area contributed by atoms with Gasteiger partial charge in [0.05, 0.1) is 5.52 Å². The minimum Gasteiger partial charge on any atom is -0.486 e. The standard InChI is InChI=1S/C25H28BrN3O3.ClH/c26-20-3-4-22-19(16-20)2-6-25(30)29(22)12-11-28-9-7-21(8-10-28)27-17-18-1-5-23-24(15-18)32-14-13-31-23;/h1-6,15-16,21,27H,7-14,17H2;1H. The van der Waals surface area contributed by atoms with Gasteiger partial charge in [0.2, 0.25) is 0 Å². The highest BCUT2D eigenvalue weighted by Gasteiger charge is 2.19. The van der Waals surface area contributed by atoms with Crippen molar-refractivity contribution >= 4 is 39.2 Å². The van der Waals surface area contributed by atoms with Crippen LogP contribution in [0.3, 0.4) is 0 Å². The van der Waals surface area contributed by atoms with E-state index in [0.717, 1.165) is 65.9 Å². The Morgan fingerprint density at radius 2 is 1.73 bits per heavy atom. The highest BCUT2D eigenvalue weighted by atomic mass is 79.9. The van der Waals surface area contributed by atoms with Gasteiger partial charge in [-0.2, -0.15) is 0 Å². The number of likely N-dealkylation sites (tertiary alicyclic amines) is 1. The molecule has 2 aliphatic rings. The molecular weight excluding hydrogens is 506 g/mol.